The second-order valence-electron chi connectivity index (χ2n) is 24.2. The van der Waals surface area contributed by atoms with Gasteiger partial charge in [0.2, 0.25) is 0 Å². The van der Waals surface area contributed by atoms with Gasteiger partial charge in [0.05, 0.1) is 22.3 Å². The van der Waals surface area contributed by atoms with Crippen molar-refractivity contribution in [2.45, 2.75) is 67.2 Å². The van der Waals surface area contributed by atoms with Crippen molar-refractivity contribution < 1.29 is 80.5 Å². The maximum atomic E-state index is 13.5. The van der Waals surface area contributed by atoms with Gasteiger partial charge in [-0.15, -0.1) is 0 Å². The Labute approximate surface area is 566 Å². The molecule has 0 aromatic heterocycles. The molecule has 0 bridgehead atoms. The van der Waals surface area contributed by atoms with Gasteiger partial charge in [-0.05, 0) is 159 Å². The van der Waals surface area contributed by atoms with E-state index in [9.17, 15) is 80.5 Å². The van der Waals surface area contributed by atoms with E-state index in [2.05, 4.69) is 31.9 Å². The minimum atomic E-state index is -0.617. The van der Waals surface area contributed by atoms with E-state index in [0.29, 0.717) is 44.5 Å². The van der Waals surface area contributed by atoms with E-state index in [1.165, 1.54) is 0 Å². The highest BCUT2D eigenvalue weighted by Crippen LogP contribution is 2.54. The van der Waals surface area contributed by atoms with Crippen LogP contribution < -0.4 is 0 Å². The zero-order valence-electron chi connectivity index (χ0n) is 52.4. The zero-order valence-corrected chi connectivity index (χ0v) is 55.6. The molecule has 12 aromatic carbocycles. The summed E-state index contributed by atoms with van der Waals surface area (Å²) in [4.78, 5) is 54.1. The van der Waals surface area contributed by atoms with Crippen LogP contribution in [0.25, 0.3) is 65.3 Å². The number of phenols is 12. The minimum absolute atomic E-state index is 0.0557. The average Bonchev–Trinajstić information content (AvgIpc) is 0.741. The number of carbonyl (C=O) groups excluding carboxylic acids is 4. The van der Waals surface area contributed by atoms with Crippen molar-refractivity contribution in [1.29, 1.82) is 0 Å². The lowest BCUT2D eigenvalue weighted by atomic mass is 9.86. The molecule has 0 fully saturated rings. The number of hydrogen-bond acceptors (Lipinski definition) is 16. The van der Waals surface area contributed by atoms with Crippen LogP contribution in [0.5, 0.6) is 69.0 Å². The van der Waals surface area contributed by atoms with Gasteiger partial charge < -0.3 is 61.3 Å². The molecule has 0 aliphatic heterocycles. The first-order valence-corrected chi connectivity index (χ1v) is 31.7. The highest BCUT2D eigenvalue weighted by Gasteiger charge is 2.31. The largest absolute Gasteiger partial charge is 0.507 e. The smallest absolute Gasteiger partial charge is 0.171 e. The number of aromatic hydroxyl groups is 12. The van der Waals surface area contributed by atoms with Crippen molar-refractivity contribution in [3.8, 4) is 91.2 Å². The fraction of sp³-hybridized carbons (Fsp3) is 0.128. The molecule has 0 heterocycles. The maximum absolute atomic E-state index is 13.5. The first-order valence-electron chi connectivity index (χ1n) is 30.1. The first kappa shape index (κ1) is 66.4. The van der Waals surface area contributed by atoms with Gasteiger partial charge in [0, 0.05) is 100.0 Å². The quantitative estimate of drug-likeness (QED) is 0.0356. The molecule has 484 valence electrons. The number of rotatable bonds is 14. The van der Waals surface area contributed by atoms with Crippen LogP contribution in [0.15, 0.2) is 155 Å². The molecule has 0 saturated carbocycles. The molecule has 18 heteroatoms. The van der Waals surface area contributed by atoms with Gasteiger partial charge >= 0.3 is 0 Å². The van der Waals surface area contributed by atoms with Crippen LogP contribution in [0.4, 0.5) is 0 Å². The molecular formula is C78H62Br2O16. The zero-order chi connectivity index (χ0) is 69.2. The molecule has 96 heavy (non-hydrogen) atoms. The molecule has 0 amide bonds. The van der Waals surface area contributed by atoms with Gasteiger partial charge in [-0.25, -0.2) is 0 Å². The van der Waals surface area contributed by atoms with Gasteiger partial charge in [-0.3, -0.25) is 19.2 Å². The predicted molar refractivity (Wildman–Crippen MR) is 375 cm³/mol. The lowest BCUT2D eigenvalue weighted by molar-refractivity contribution is 0.0983. The number of Topliss-reactive ketones (excluding diaryl/α,β-unsaturated/α-hetero) is 4. The van der Waals surface area contributed by atoms with E-state index >= 15 is 0 Å². The summed E-state index contributed by atoms with van der Waals surface area (Å²) >= 11 is 6.77. The molecule has 0 saturated heterocycles. The molecule has 12 N–H and O–H groups in total. The van der Waals surface area contributed by atoms with E-state index in [1.54, 1.807) is 113 Å². The molecule has 0 spiro atoms. The van der Waals surface area contributed by atoms with Gasteiger partial charge in [-0.1, -0.05) is 116 Å². The second kappa shape index (κ2) is 26.0. The van der Waals surface area contributed by atoms with Crippen molar-refractivity contribution in [1.82, 2.24) is 0 Å². The van der Waals surface area contributed by atoms with Crippen LogP contribution in [0.3, 0.4) is 0 Å². The fourth-order valence-corrected chi connectivity index (χ4v) is 13.6. The number of aryl methyl sites for hydroxylation is 6. The number of benzene rings is 12. The summed E-state index contributed by atoms with van der Waals surface area (Å²) in [5.41, 5.74) is 6.61. The minimum Gasteiger partial charge on any atom is -0.507 e. The molecule has 0 unspecified atom stereocenters. The topological polar surface area (TPSA) is 311 Å². The van der Waals surface area contributed by atoms with Gasteiger partial charge in [0.1, 0.15) is 23.0 Å². The highest BCUT2D eigenvalue weighted by atomic mass is 79.9. The van der Waals surface area contributed by atoms with Crippen molar-refractivity contribution in [2.75, 3.05) is 0 Å². The lowest BCUT2D eigenvalue weighted by Gasteiger charge is -2.20. The summed E-state index contributed by atoms with van der Waals surface area (Å²) < 4.78 is 1.54. The summed E-state index contributed by atoms with van der Waals surface area (Å²) in [6, 6.07) is 39.9. The number of ketones is 4. The summed E-state index contributed by atoms with van der Waals surface area (Å²) in [6.45, 7) is 10.5. The van der Waals surface area contributed by atoms with Gasteiger partial charge in [0.15, 0.2) is 69.1 Å². The van der Waals surface area contributed by atoms with Crippen LogP contribution in [0.1, 0.15) is 97.1 Å². The molecule has 0 aliphatic rings. The number of halogens is 2. The van der Waals surface area contributed by atoms with Crippen molar-refractivity contribution in [3.63, 3.8) is 0 Å². The van der Waals surface area contributed by atoms with Gasteiger partial charge in [-0.2, -0.15) is 0 Å². The van der Waals surface area contributed by atoms with Crippen molar-refractivity contribution in [2.24, 2.45) is 0 Å². The monoisotopic (exact) mass is 1410 g/mol. The third kappa shape index (κ3) is 12.3. The Balaban J connectivity index is 0.000000195. The van der Waals surface area contributed by atoms with Crippen LogP contribution in [0, 0.1) is 41.5 Å². The van der Waals surface area contributed by atoms with E-state index < -0.39 is 69.1 Å². The van der Waals surface area contributed by atoms with Crippen LogP contribution >= 0.6 is 31.9 Å². The van der Waals surface area contributed by atoms with Crippen LogP contribution in [0.2, 0.25) is 0 Å². The Hall–Kier alpha value is -11.1. The molecular weight excluding hydrogens is 1350 g/mol. The highest BCUT2D eigenvalue weighted by molar-refractivity contribution is 9.10. The van der Waals surface area contributed by atoms with E-state index in [-0.39, 0.29) is 136 Å². The molecule has 12 rings (SSSR count). The molecule has 0 atom stereocenters. The Morgan fingerprint density at radius 1 is 0.271 bits per heavy atom. The summed E-state index contributed by atoms with van der Waals surface area (Å²) in [7, 11) is 0. The van der Waals surface area contributed by atoms with E-state index in [4.69, 9.17) is 0 Å². The molecule has 0 radical (unpaired) electrons. The second-order valence-corrected chi connectivity index (χ2v) is 26.0. The van der Waals surface area contributed by atoms with Crippen LogP contribution in [-0.4, -0.2) is 84.4 Å². The third-order valence-electron chi connectivity index (χ3n) is 17.4. The molecule has 16 nitrogen and oxygen atoms in total. The SMILES string of the molecule is Cc1cc2c(C(=O)Cc3cccc(Br)c3)c(O)c(O)cc2c(O)c1-c1c(C)cc2c(C(=O)Cc3cccc(Br)c3)c(O)c(O)cc2c1O.Cc1ccc(CC(=O)c2c(O)c(O)cc3c(O)c(-c4c(C)cc5c(C(=O)Cc6ccc(C)cc6)c(O)c(O)cc5c4O)c(C)cc23)cc1. The summed E-state index contributed by atoms with van der Waals surface area (Å²) in [6.07, 6.45) is -0.285. The standard InChI is InChI=1S/C40H34O8.C38H28Br2O8/c1-19-5-9-23(10-6-19)15-29(41)35-25-13-21(3)33(37(45)27(25)17-31(43)39(35)47)34-22(4)14-26-28(38(34)46)18-32(44)40(48)36(26)30(42)16-24-11-7-20(2)8-12-24;1-17-9-23-25(15-29(43)37(47)33(23)27(41)13-19-5-3-7-21(39)11-19)35(45)31(17)32-18(2)10-24-26(36(32)46)16-30(44)38(48)34(24)28(42)14-20-6-4-8-22(40)12-20/h5-14,17-18,43-48H,15-16H2,1-4H3;3-12,15-16,43-48H,13-14H2,1-2H3. The molecule has 0 aliphatic carbocycles. The van der Waals surface area contributed by atoms with Gasteiger partial charge in [0.25, 0.3) is 0 Å². The summed E-state index contributed by atoms with van der Waals surface area (Å²) in [5.74, 6) is -8.24. The number of carbonyl (C=O) groups is 4. The third-order valence-corrected chi connectivity index (χ3v) is 18.3. The molecule has 12 aromatic rings. The predicted octanol–water partition coefficient (Wildman–Crippen LogP) is 16.9. The van der Waals surface area contributed by atoms with Crippen molar-refractivity contribution in [3.05, 3.63) is 232 Å². The first-order chi connectivity index (χ1) is 45.5. The van der Waals surface area contributed by atoms with E-state index in [0.717, 1.165) is 44.3 Å². The van der Waals surface area contributed by atoms with Crippen LogP contribution in [-0.2, 0) is 25.7 Å². The summed E-state index contributed by atoms with van der Waals surface area (Å²) in [5, 5.41) is 134. The Morgan fingerprint density at radius 2 is 0.500 bits per heavy atom. The Morgan fingerprint density at radius 3 is 0.729 bits per heavy atom. The number of phenolic OH excluding ortho intramolecular Hbond substituents is 12. The normalized spacial score (nSPS) is 11.3. The lowest BCUT2D eigenvalue weighted by Crippen LogP contribution is -2.06. The average molecular weight is 1420 g/mol. The maximum Gasteiger partial charge on any atom is 0.171 e. The number of fused-ring (bicyclic) bond motifs is 4. The fourth-order valence-electron chi connectivity index (χ4n) is 12.7. The Kier molecular flexibility index (Phi) is 18.0. The van der Waals surface area contributed by atoms with E-state index in [1.807, 2.05) is 50.2 Å². The van der Waals surface area contributed by atoms with Crippen molar-refractivity contribution >= 4 is 98.1 Å². The Bertz CT molecular complexity index is 4980. The number of hydrogen-bond donors (Lipinski definition) is 12.